The smallest absolute Gasteiger partial charge is 0.376 e. The maximum atomic E-state index is 13.7. The van der Waals surface area contributed by atoms with E-state index in [1.165, 1.54) is 0 Å². The van der Waals surface area contributed by atoms with Crippen LogP contribution in [0.3, 0.4) is 0 Å². The van der Waals surface area contributed by atoms with Crippen LogP contribution in [0.1, 0.15) is 24.1 Å². The number of nitrogens with one attached hydrogen (secondary N) is 1. The van der Waals surface area contributed by atoms with Gasteiger partial charge in [-0.15, -0.1) is 0 Å². The molecule has 0 aliphatic carbocycles. The largest absolute Gasteiger partial charge is 0.416 e. The van der Waals surface area contributed by atoms with Crippen molar-refractivity contribution in [2.75, 3.05) is 5.32 Å². The van der Waals surface area contributed by atoms with E-state index in [4.69, 9.17) is 11.6 Å². The first-order valence-corrected chi connectivity index (χ1v) is 6.54. The summed E-state index contributed by atoms with van der Waals surface area (Å²) < 4.78 is 51.6. The molecule has 0 aromatic heterocycles. The Labute approximate surface area is 124 Å². The zero-order chi connectivity index (χ0) is 15.6. The maximum absolute atomic E-state index is 13.7. The summed E-state index contributed by atoms with van der Waals surface area (Å²) in [4.78, 5) is 0. The molecule has 112 valence electrons. The Morgan fingerprint density at radius 3 is 2.38 bits per heavy atom. The molecule has 0 radical (unpaired) electrons. The maximum Gasteiger partial charge on any atom is 0.416 e. The van der Waals surface area contributed by atoms with Gasteiger partial charge in [-0.1, -0.05) is 29.8 Å². The summed E-state index contributed by atoms with van der Waals surface area (Å²) in [7, 11) is 0. The predicted octanol–water partition coefficient (Wildman–Crippen LogP) is 5.67. The molecule has 21 heavy (non-hydrogen) atoms. The van der Waals surface area contributed by atoms with E-state index in [-0.39, 0.29) is 5.69 Å². The van der Waals surface area contributed by atoms with E-state index in [1.807, 2.05) is 0 Å². The van der Waals surface area contributed by atoms with Crippen LogP contribution in [0, 0.1) is 5.82 Å². The average Bonchev–Trinajstić information content (AvgIpc) is 2.40. The predicted molar refractivity (Wildman–Crippen MR) is 74.9 cm³/mol. The normalized spacial score (nSPS) is 13.0. The van der Waals surface area contributed by atoms with Crippen molar-refractivity contribution in [3.63, 3.8) is 0 Å². The van der Waals surface area contributed by atoms with Gasteiger partial charge in [0, 0.05) is 5.02 Å². The number of hydrogen-bond donors (Lipinski definition) is 1. The lowest BCUT2D eigenvalue weighted by atomic mass is 10.1. The molecule has 0 bridgehead atoms. The number of alkyl halides is 3. The van der Waals surface area contributed by atoms with E-state index >= 15 is 0 Å². The zero-order valence-corrected chi connectivity index (χ0v) is 11.8. The fourth-order valence-corrected chi connectivity index (χ4v) is 2.25. The average molecular weight is 318 g/mol. The van der Waals surface area contributed by atoms with Crippen LogP contribution >= 0.6 is 11.6 Å². The molecule has 1 atom stereocenters. The summed E-state index contributed by atoms with van der Waals surface area (Å²) >= 11 is 6.02. The Bertz CT molecular complexity index is 640. The highest BCUT2D eigenvalue weighted by atomic mass is 35.5. The third kappa shape index (κ3) is 3.67. The van der Waals surface area contributed by atoms with Gasteiger partial charge in [0.2, 0.25) is 0 Å². The van der Waals surface area contributed by atoms with Crippen LogP contribution < -0.4 is 5.32 Å². The Kier molecular flexibility index (Phi) is 4.42. The first-order valence-electron chi connectivity index (χ1n) is 6.16. The van der Waals surface area contributed by atoms with Gasteiger partial charge >= 0.3 is 6.18 Å². The van der Waals surface area contributed by atoms with E-state index in [1.54, 1.807) is 31.2 Å². The lowest BCUT2D eigenvalue weighted by Gasteiger charge is -2.18. The van der Waals surface area contributed by atoms with Crippen LogP contribution in [0.25, 0.3) is 0 Å². The molecule has 0 amide bonds. The molecule has 6 heteroatoms. The first-order chi connectivity index (χ1) is 9.79. The quantitative estimate of drug-likeness (QED) is 0.719. The van der Waals surface area contributed by atoms with Crippen molar-refractivity contribution in [1.82, 2.24) is 0 Å². The minimum Gasteiger partial charge on any atom is -0.376 e. The van der Waals surface area contributed by atoms with Crippen molar-refractivity contribution in [3.8, 4) is 0 Å². The summed E-state index contributed by atoms with van der Waals surface area (Å²) in [6.45, 7) is 1.70. The molecule has 0 spiro atoms. The van der Waals surface area contributed by atoms with E-state index in [2.05, 4.69) is 5.32 Å². The fraction of sp³-hybridized carbons (Fsp3) is 0.200. The molecule has 2 aromatic rings. The van der Waals surface area contributed by atoms with E-state index in [9.17, 15) is 17.6 Å². The van der Waals surface area contributed by atoms with Crippen molar-refractivity contribution in [1.29, 1.82) is 0 Å². The molecule has 0 aliphatic rings. The molecule has 1 unspecified atom stereocenters. The Balaban J connectivity index is 2.29. The molecular weight excluding hydrogens is 306 g/mol. The highest BCUT2D eigenvalue weighted by molar-refractivity contribution is 6.31. The van der Waals surface area contributed by atoms with Crippen molar-refractivity contribution >= 4 is 17.3 Å². The van der Waals surface area contributed by atoms with Gasteiger partial charge < -0.3 is 5.32 Å². The molecule has 0 saturated carbocycles. The molecular formula is C15H12ClF4N. The van der Waals surface area contributed by atoms with Crippen molar-refractivity contribution in [2.45, 2.75) is 19.1 Å². The zero-order valence-electron chi connectivity index (χ0n) is 11.0. The van der Waals surface area contributed by atoms with Gasteiger partial charge in [-0.2, -0.15) is 13.2 Å². The summed E-state index contributed by atoms with van der Waals surface area (Å²) in [5.41, 5.74) is -0.439. The lowest BCUT2D eigenvalue weighted by Crippen LogP contribution is -2.11. The third-order valence-corrected chi connectivity index (χ3v) is 3.38. The second-order valence-corrected chi connectivity index (χ2v) is 4.99. The Morgan fingerprint density at radius 1 is 1.10 bits per heavy atom. The lowest BCUT2D eigenvalue weighted by molar-refractivity contribution is -0.137. The molecule has 0 aliphatic heterocycles. The van der Waals surface area contributed by atoms with Gasteiger partial charge in [0.1, 0.15) is 5.82 Å². The summed E-state index contributed by atoms with van der Waals surface area (Å²) in [5, 5.41) is 3.18. The van der Waals surface area contributed by atoms with Crippen molar-refractivity contribution < 1.29 is 17.6 Å². The molecule has 1 N–H and O–H groups in total. The fourth-order valence-electron chi connectivity index (χ4n) is 1.95. The van der Waals surface area contributed by atoms with E-state index < -0.39 is 23.6 Å². The molecule has 2 aromatic carbocycles. The second kappa shape index (κ2) is 5.93. The molecule has 1 nitrogen and oxygen atoms in total. The van der Waals surface area contributed by atoms with E-state index in [0.29, 0.717) is 16.7 Å². The number of hydrogen-bond acceptors (Lipinski definition) is 1. The van der Waals surface area contributed by atoms with Crippen LogP contribution in [0.4, 0.5) is 23.2 Å². The van der Waals surface area contributed by atoms with Crippen molar-refractivity contribution in [3.05, 3.63) is 64.4 Å². The van der Waals surface area contributed by atoms with Crippen molar-refractivity contribution in [2.24, 2.45) is 0 Å². The van der Waals surface area contributed by atoms with Gasteiger partial charge in [0.15, 0.2) is 0 Å². The van der Waals surface area contributed by atoms with E-state index in [0.717, 1.165) is 12.1 Å². The van der Waals surface area contributed by atoms with Crippen LogP contribution in [0.15, 0.2) is 42.5 Å². The number of anilines is 1. The van der Waals surface area contributed by atoms with Crippen LogP contribution in [-0.4, -0.2) is 0 Å². The summed E-state index contributed by atoms with van der Waals surface area (Å²) in [6.07, 6.45) is -4.52. The highest BCUT2D eigenvalue weighted by Gasteiger charge is 2.31. The van der Waals surface area contributed by atoms with Gasteiger partial charge in [-0.05, 0) is 36.8 Å². The molecule has 0 saturated heterocycles. The summed E-state index contributed by atoms with van der Waals surface area (Å²) in [6, 6.07) is 8.71. The summed E-state index contributed by atoms with van der Waals surface area (Å²) in [5.74, 6) is -0.748. The standard InChI is InChI=1S/C15H12ClF4N/c1-9(11-4-2-3-5-12(11)16)21-14-8-10(15(18,19)20)6-7-13(14)17/h2-9,21H,1H3. The van der Waals surface area contributed by atoms with Crippen LogP contribution in [0.2, 0.25) is 5.02 Å². The Morgan fingerprint density at radius 2 is 1.76 bits per heavy atom. The van der Waals surface area contributed by atoms with Crippen LogP contribution in [-0.2, 0) is 6.18 Å². The second-order valence-electron chi connectivity index (χ2n) is 4.58. The van der Waals surface area contributed by atoms with Gasteiger partial charge in [-0.3, -0.25) is 0 Å². The first kappa shape index (κ1) is 15.6. The minimum atomic E-state index is -4.52. The molecule has 2 rings (SSSR count). The number of rotatable bonds is 3. The monoisotopic (exact) mass is 317 g/mol. The van der Waals surface area contributed by atoms with Gasteiger partial charge in [-0.25, -0.2) is 4.39 Å². The topological polar surface area (TPSA) is 12.0 Å². The molecule has 0 fully saturated rings. The minimum absolute atomic E-state index is 0.211. The van der Waals surface area contributed by atoms with Gasteiger partial charge in [0.05, 0.1) is 17.3 Å². The highest BCUT2D eigenvalue weighted by Crippen LogP contribution is 2.33. The molecule has 0 heterocycles. The Hall–Kier alpha value is -1.75. The van der Waals surface area contributed by atoms with Gasteiger partial charge in [0.25, 0.3) is 0 Å². The third-order valence-electron chi connectivity index (χ3n) is 3.04. The SMILES string of the molecule is CC(Nc1cc(C(F)(F)F)ccc1F)c1ccccc1Cl. The van der Waals surface area contributed by atoms with Crippen LogP contribution in [0.5, 0.6) is 0 Å². The number of benzene rings is 2. The number of halogens is 5.